The van der Waals surface area contributed by atoms with Crippen molar-refractivity contribution in [2.24, 2.45) is 0 Å². The number of carboxylic acids is 1. The van der Waals surface area contributed by atoms with Crippen molar-refractivity contribution in [3.8, 4) is 11.1 Å². The highest BCUT2D eigenvalue weighted by atomic mass is 35.5. The van der Waals surface area contributed by atoms with Crippen LogP contribution in [-0.2, 0) is 0 Å². The third-order valence-corrected chi connectivity index (χ3v) is 2.22. The van der Waals surface area contributed by atoms with Crippen molar-refractivity contribution in [3.05, 3.63) is 41.2 Å². The zero-order valence-corrected chi connectivity index (χ0v) is 8.32. The van der Waals surface area contributed by atoms with E-state index in [0.717, 1.165) is 5.56 Å². The molecule has 0 spiro atoms. The highest BCUT2D eigenvalue weighted by Gasteiger charge is 2.13. The molecule has 0 aliphatic heterocycles. The van der Waals surface area contributed by atoms with Gasteiger partial charge in [-0.05, 0) is 17.7 Å². The largest absolute Gasteiger partial charge is 0.477 e. The Morgan fingerprint density at radius 3 is 2.93 bits per heavy atom. The third-order valence-electron chi connectivity index (χ3n) is 1.99. The number of rotatable bonds is 2. The molecule has 0 aliphatic rings. The first-order chi connectivity index (χ1) is 7.18. The number of hydrogen-bond acceptors (Lipinski definition) is 2. The number of carboxylic acid groups (broad SMARTS) is 1. The number of nitrogens with zero attached hydrogens (tertiary/aromatic N) is 1. The van der Waals surface area contributed by atoms with Crippen LogP contribution in [-0.4, -0.2) is 21.3 Å². The molecule has 0 atom stereocenters. The van der Waals surface area contributed by atoms with Gasteiger partial charge >= 0.3 is 5.97 Å². The van der Waals surface area contributed by atoms with Gasteiger partial charge in [0, 0.05) is 10.6 Å². The Balaban J connectivity index is 2.54. The van der Waals surface area contributed by atoms with E-state index in [1.165, 1.54) is 6.20 Å². The van der Waals surface area contributed by atoms with Gasteiger partial charge in [-0.25, -0.2) is 4.79 Å². The van der Waals surface area contributed by atoms with Crippen molar-refractivity contribution in [2.45, 2.75) is 0 Å². The molecule has 5 heteroatoms. The minimum Gasteiger partial charge on any atom is -0.477 e. The monoisotopic (exact) mass is 222 g/mol. The fourth-order valence-corrected chi connectivity index (χ4v) is 1.51. The zero-order valence-electron chi connectivity index (χ0n) is 7.57. The number of H-pyrrole nitrogens is 1. The Morgan fingerprint density at radius 2 is 2.27 bits per heavy atom. The standard InChI is InChI=1S/C10H7ClN2O2/c11-7-3-1-2-6(4-7)8-5-12-13-9(8)10(14)15/h1-5H,(H,12,13)(H,14,15). The van der Waals surface area contributed by atoms with Crippen molar-refractivity contribution in [1.82, 2.24) is 10.2 Å². The lowest BCUT2D eigenvalue weighted by molar-refractivity contribution is 0.0691. The lowest BCUT2D eigenvalue weighted by Gasteiger charge is -1.99. The molecule has 2 aromatic rings. The maximum Gasteiger partial charge on any atom is 0.354 e. The van der Waals surface area contributed by atoms with Gasteiger partial charge in [0.05, 0.1) is 6.20 Å². The van der Waals surface area contributed by atoms with E-state index in [1.807, 2.05) is 0 Å². The van der Waals surface area contributed by atoms with E-state index in [4.69, 9.17) is 16.7 Å². The van der Waals surface area contributed by atoms with Crippen LogP contribution >= 0.6 is 11.6 Å². The molecule has 2 N–H and O–H groups in total. The molecule has 4 nitrogen and oxygen atoms in total. The Morgan fingerprint density at radius 1 is 1.47 bits per heavy atom. The molecular weight excluding hydrogens is 216 g/mol. The fraction of sp³-hybridized carbons (Fsp3) is 0. The van der Waals surface area contributed by atoms with Gasteiger partial charge < -0.3 is 5.11 Å². The van der Waals surface area contributed by atoms with Gasteiger partial charge in [-0.3, -0.25) is 5.10 Å². The maximum absolute atomic E-state index is 10.8. The van der Waals surface area contributed by atoms with Crippen LogP contribution in [0.4, 0.5) is 0 Å². The number of hydrogen-bond donors (Lipinski definition) is 2. The summed E-state index contributed by atoms with van der Waals surface area (Å²) < 4.78 is 0. The average Bonchev–Trinajstić information content (AvgIpc) is 2.65. The van der Waals surface area contributed by atoms with Crippen molar-refractivity contribution < 1.29 is 9.90 Å². The van der Waals surface area contributed by atoms with Gasteiger partial charge in [-0.1, -0.05) is 23.7 Å². The normalized spacial score (nSPS) is 10.2. The molecule has 1 aromatic carbocycles. The average molecular weight is 223 g/mol. The molecule has 0 aliphatic carbocycles. The fourth-order valence-electron chi connectivity index (χ4n) is 1.32. The van der Waals surface area contributed by atoms with Crippen molar-refractivity contribution >= 4 is 17.6 Å². The summed E-state index contributed by atoms with van der Waals surface area (Å²) in [6.45, 7) is 0. The molecule has 0 fully saturated rings. The second-order valence-corrected chi connectivity index (χ2v) is 3.41. The molecule has 76 valence electrons. The quantitative estimate of drug-likeness (QED) is 0.820. The van der Waals surface area contributed by atoms with Crippen LogP contribution in [0.1, 0.15) is 10.5 Å². The highest BCUT2D eigenvalue weighted by molar-refractivity contribution is 6.30. The number of benzene rings is 1. The van der Waals surface area contributed by atoms with Crippen LogP contribution in [0.25, 0.3) is 11.1 Å². The summed E-state index contributed by atoms with van der Waals surface area (Å²) in [6.07, 6.45) is 1.47. The van der Waals surface area contributed by atoms with Gasteiger partial charge in [-0.2, -0.15) is 5.10 Å². The number of nitrogens with one attached hydrogen (secondary N) is 1. The second-order valence-electron chi connectivity index (χ2n) is 2.97. The van der Waals surface area contributed by atoms with E-state index in [1.54, 1.807) is 24.3 Å². The van der Waals surface area contributed by atoms with Crippen LogP contribution in [0.3, 0.4) is 0 Å². The second kappa shape index (κ2) is 3.74. The molecule has 0 saturated heterocycles. The van der Waals surface area contributed by atoms with E-state index in [9.17, 15) is 4.79 Å². The topological polar surface area (TPSA) is 66.0 Å². The summed E-state index contributed by atoms with van der Waals surface area (Å²) in [4.78, 5) is 10.8. The van der Waals surface area contributed by atoms with Gasteiger partial charge in [0.1, 0.15) is 0 Å². The number of halogens is 1. The molecule has 1 aromatic heterocycles. The van der Waals surface area contributed by atoms with E-state index in [-0.39, 0.29) is 5.69 Å². The van der Waals surface area contributed by atoms with Crippen LogP contribution < -0.4 is 0 Å². The minimum absolute atomic E-state index is 0.0669. The number of aromatic nitrogens is 2. The first kappa shape index (κ1) is 9.73. The molecule has 2 rings (SSSR count). The molecule has 1 heterocycles. The Labute approximate surface area is 90.5 Å². The smallest absolute Gasteiger partial charge is 0.354 e. The van der Waals surface area contributed by atoms with Crippen molar-refractivity contribution in [1.29, 1.82) is 0 Å². The van der Waals surface area contributed by atoms with Gasteiger partial charge in [0.2, 0.25) is 0 Å². The predicted molar refractivity (Wildman–Crippen MR) is 56.0 cm³/mol. The third kappa shape index (κ3) is 1.85. The Kier molecular flexibility index (Phi) is 2.43. The summed E-state index contributed by atoms with van der Waals surface area (Å²) in [6, 6.07) is 6.96. The summed E-state index contributed by atoms with van der Waals surface area (Å²) >= 11 is 5.82. The number of aromatic carboxylic acids is 1. The highest BCUT2D eigenvalue weighted by Crippen LogP contribution is 2.24. The summed E-state index contributed by atoms with van der Waals surface area (Å²) in [5, 5.41) is 15.6. The van der Waals surface area contributed by atoms with Crippen LogP contribution in [0.2, 0.25) is 5.02 Å². The lowest BCUT2D eigenvalue weighted by Crippen LogP contribution is -1.98. The molecule has 0 amide bonds. The van der Waals surface area contributed by atoms with Gasteiger partial charge in [-0.15, -0.1) is 0 Å². The minimum atomic E-state index is -1.04. The summed E-state index contributed by atoms with van der Waals surface area (Å²) in [5.41, 5.74) is 1.33. The van der Waals surface area contributed by atoms with E-state index < -0.39 is 5.97 Å². The van der Waals surface area contributed by atoms with Gasteiger partial charge in [0.25, 0.3) is 0 Å². The molecule has 0 radical (unpaired) electrons. The first-order valence-corrected chi connectivity index (χ1v) is 4.59. The van der Waals surface area contributed by atoms with Crippen molar-refractivity contribution in [3.63, 3.8) is 0 Å². The Hall–Kier alpha value is -1.81. The Bertz CT molecular complexity index is 508. The molecule has 15 heavy (non-hydrogen) atoms. The summed E-state index contributed by atoms with van der Waals surface area (Å²) in [5.74, 6) is -1.04. The maximum atomic E-state index is 10.8. The van der Waals surface area contributed by atoms with Crippen LogP contribution in [0.5, 0.6) is 0 Å². The molecular formula is C10H7ClN2O2. The SMILES string of the molecule is O=C(O)c1[nH]ncc1-c1cccc(Cl)c1. The van der Waals surface area contributed by atoms with E-state index >= 15 is 0 Å². The molecule has 0 bridgehead atoms. The van der Waals surface area contributed by atoms with Crippen LogP contribution in [0.15, 0.2) is 30.5 Å². The van der Waals surface area contributed by atoms with E-state index in [2.05, 4.69) is 10.2 Å². The first-order valence-electron chi connectivity index (χ1n) is 4.21. The van der Waals surface area contributed by atoms with Gasteiger partial charge in [0.15, 0.2) is 5.69 Å². The summed E-state index contributed by atoms with van der Waals surface area (Å²) in [7, 11) is 0. The molecule has 0 saturated carbocycles. The zero-order chi connectivity index (χ0) is 10.8. The predicted octanol–water partition coefficient (Wildman–Crippen LogP) is 2.43. The molecule has 0 unspecified atom stereocenters. The van der Waals surface area contributed by atoms with Crippen molar-refractivity contribution in [2.75, 3.05) is 0 Å². The lowest BCUT2D eigenvalue weighted by atomic mass is 10.1. The van der Waals surface area contributed by atoms with Crippen LogP contribution in [0, 0.1) is 0 Å². The number of aromatic amines is 1. The van der Waals surface area contributed by atoms with E-state index in [0.29, 0.717) is 10.6 Å². The number of carbonyl (C=O) groups is 1.